The Hall–Kier alpha value is -1.03. The minimum absolute atomic E-state index is 0.118. The van der Waals surface area contributed by atoms with E-state index in [0.717, 1.165) is 12.2 Å². The first-order valence-corrected chi connectivity index (χ1v) is 4.80. The van der Waals surface area contributed by atoms with Gasteiger partial charge in [0.15, 0.2) is 0 Å². The SMILES string of the molecule is C=C(CNC)N(C)CC(=O)N(C)CC. The standard InChI is InChI=1S/C10H21N3O/c1-6-12(4)10(14)8-13(5)9(2)7-11-3/h11H,2,6-8H2,1,3-5H3. The molecular weight excluding hydrogens is 178 g/mol. The number of nitrogens with one attached hydrogen (secondary N) is 1. The Labute approximate surface area is 86.6 Å². The Morgan fingerprint density at radius 3 is 2.36 bits per heavy atom. The Kier molecular flexibility index (Phi) is 5.95. The number of rotatable bonds is 6. The second kappa shape index (κ2) is 6.43. The number of nitrogens with zero attached hydrogens (tertiary/aromatic N) is 2. The van der Waals surface area contributed by atoms with Crippen molar-refractivity contribution in [3.63, 3.8) is 0 Å². The van der Waals surface area contributed by atoms with E-state index < -0.39 is 0 Å². The number of hydrogen-bond acceptors (Lipinski definition) is 3. The molecule has 0 aromatic carbocycles. The minimum Gasteiger partial charge on any atom is -0.368 e. The van der Waals surface area contributed by atoms with Crippen LogP contribution in [0.3, 0.4) is 0 Å². The summed E-state index contributed by atoms with van der Waals surface area (Å²) in [5.41, 5.74) is 0.922. The molecule has 4 heteroatoms. The monoisotopic (exact) mass is 199 g/mol. The third-order valence-corrected chi connectivity index (χ3v) is 2.19. The molecule has 14 heavy (non-hydrogen) atoms. The van der Waals surface area contributed by atoms with Crippen molar-refractivity contribution < 1.29 is 4.79 Å². The smallest absolute Gasteiger partial charge is 0.241 e. The molecule has 0 aliphatic rings. The molecule has 1 amide bonds. The van der Waals surface area contributed by atoms with Crippen LogP contribution in [0.15, 0.2) is 12.3 Å². The fraction of sp³-hybridized carbons (Fsp3) is 0.700. The first-order valence-electron chi connectivity index (χ1n) is 4.80. The molecule has 0 aliphatic heterocycles. The van der Waals surface area contributed by atoms with E-state index >= 15 is 0 Å². The highest BCUT2D eigenvalue weighted by Gasteiger charge is 2.10. The predicted octanol–water partition coefficient (Wildman–Crippen LogP) is 0.130. The molecule has 0 spiro atoms. The lowest BCUT2D eigenvalue weighted by Gasteiger charge is -2.23. The molecule has 0 radical (unpaired) electrons. The molecule has 0 saturated carbocycles. The van der Waals surface area contributed by atoms with Crippen LogP contribution in [0.2, 0.25) is 0 Å². The lowest BCUT2D eigenvalue weighted by molar-refractivity contribution is -0.130. The molecule has 0 atom stereocenters. The van der Waals surface area contributed by atoms with Gasteiger partial charge in [0.25, 0.3) is 0 Å². The molecular formula is C10H21N3O. The number of carbonyl (C=O) groups is 1. The van der Waals surface area contributed by atoms with Gasteiger partial charge in [-0.15, -0.1) is 0 Å². The van der Waals surface area contributed by atoms with Crippen LogP contribution in [0.1, 0.15) is 6.92 Å². The quantitative estimate of drug-likeness (QED) is 0.660. The van der Waals surface area contributed by atoms with Gasteiger partial charge in [-0.1, -0.05) is 6.58 Å². The lowest BCUT2D eigenvalue weighted by atomic mass is 10.4. The van der Waals surface area contributed by atoms with Gasteiger partial charge in [0, 0.05) is 32.9 Å². The number of likely N-dealkylation sites (N-methyl/N-ethyl adjacent to an activating group) is 3. The first-order chi connectivity index (χ1) is 6.52. The average Bonchev–Trinajstić information content (AvgIpc) is 2.16. The number of hydrogen-bond donors (Lipinski definition) is 1. The van der Waals surface area contributed by atoms with Crippen molar-refractivity contribution in [3.8, 4) is 0 Å². The zero-order chi connectivity index (χ0) is 11.1. The average molecular weight is 199 g/mol. The van der Waals surface area contributed by atoms with Crippen LogP contribution in [-0.2, 0) is 4.79 Å². The van der Waals surface area contributed by atoms with Crippen LogP contribution in [0, 0.1) is 0 Å². The fourth-order valence-corrected chi connectivity index (χ4v) is 0.951. The molecule has 82 valence electrons. The lowest BCUT2D eigenvalue weighted by Crippen LogP contribution is -2.37. The topological polar surface area (TPSA) is 35.6 Å². The molecule has 0 aromatic heterocycles. The van der Waals surface area contributed by atoms with Crippen molar-refractivity contribution in [2.24, 2.45) is 0 Å². The van der Waals surface area contributed by atoms with Gasteiger partial charge in [0.2, 0.25) is 5.91 Å². The van der Waals surface area contributed by atoms with Crippen molar-refractivity contribution in [3.05, 3.63) is 12.3 Å². The van der Waals surface area contributed by atoms with Gasteiger partial charge in [-0.3, -0.25) is 4.79 Å². The Morgan fingerprint density at radius 1 is 1.36 bits per heavy atom. The molecule has 1 N–H and O–H groups in total. The largest absolute Gasteiger partial charge is 0.368 e. The van der Waals surface area contributed by atoms with Gasteiger partial charge in [-0.25, -0.2) is 0 Å². The zero-order valence-electron chi connectivity index (χ0n) is 9.63. The Morgan fingerprint density at radius 2 is 1.93 bits per heavy atom. The Balaban J connectivity index is 3.99. The summed E-state index contributed by atoms with van der Waals surface area (Å²) in [5, 5.41) is 3.00. The van der Waals surface area contributed by atoms with E-state index in [2.05, 4.69) is 11.9 Å². The van der Waals surface area contributed by atoms with Crippen molar-refractivity contribution in [2.75, 3.05) is 40.8 Å². The van der Waals surface area contributed by atoms with Crippen LogP contribution in [0.4, 0.5) is 0 Å². The fourth-order valence-electron chi connectivity index (χ4n) is 0.951. The van der Waals surface area contributed by atoms with Gasteiger partial charge in [-0.2, -0.15) is 0 Å². The Bertz CT molecular complexity index is 204. The molecule has 0 fully saturated rings. The number of carbonyl (C=O) groups excluding carboxylic acids is 1. The third kappa shape index (κ3) is 4.28. The van der Waals surface area contributed by atoms with Crippen LogP contribution < -0.4 is 5.32 Å². The summed E-state index contributed by atoms with van der Waals surface area (Å²) in [5.74, 6) is 0.118. The van der Waals surface area contributed by atoms with E-state index in [4.69, 9.17) is 0 Å². The summed E-state index contributed by atoms with van der Waals surface area (Å²) in [6.07, 6.45) is 0. The van der Waals surface area contributed by atoms with E-state index in [1.54, 1.807) is 11.9 Å². The first kappa shape index (κ1) is 13.0. The van der Waals surface area contributed by atoms with Crippen LogP contribution >= 0.6 is 0 Å². The molecule has 0 aliphatic carbocycles. The van der Waals surface area contributed by atoms with Crippen molar-refractivity contribution >= 4 is 5.91 Å². The molecule has 0 aromatic rings. The summed E-state index contributed by atoms with van der Waals surface area (Å²) in [4.78, 5) is 15.1. The van der Waals surface area contributed by atoms with Gasteiger partial charge in [-0.05, 0) is 14.0 Å². The summed E-state index contributed by atoms with van der Waals surface area (Å²) >= 11 is 0. The molecule has 0 unspecified atom stereocenters. The van der Waals surface area contributed by atoms with Gasteiger partial charge < -0.3 is 15.1 Å². The van der Waals surface area contributed by atoms with E-state index in [-0.39, 0.29) is 5.91 Å². The highest BCUT2D eigenvalue weighted by molar-refractivity contribution is 5.78. The number of amides is 1. The van der Waals surface area contributed by atoms with Crippen LogP contribution in [0.25, 0.3) is 0 Å². The van der Waals surface area contributed by atoms with E-state index in [0.29, 0.717) is 13.1 Å². The van der Waals surface area contributed by atoms with Crippen LogP contribution in [0.5, 0.6) is 0 Å². The molecule has 4 nitrogen and oxygen atoms in total. The highest BCUT2D eigenvalue weighted by Crippen LogP contribution is 1.97. The molecule has 0 rings (SSSR count). The van der Waals surface area contributed by atoms with Gasteiger partial charge in [0.1, 0.15) is 0 Å². The molecule has 0 bridgehead atoms. The zero-order valence-corrected chi connectivity index (χ0v) is 9.63. The van der Waals surface area contributed by atoms with E-state index in [9.17, 15) is 4.79 Å². The van der Waals surface area contributed by atoms with Gasteiger partial charge >= 0.3 is 0 Å². The second-order valence-corrected chi connectivity index (χ2v) is 3.36. The summed E-state index contributed by atoms with van der Waals surface area (Å²) < 4.78 is 0. The van der Waals surface area contributed by atoms with Gasteiger partial charge in [0.05, 0.1) is 6.54 Å². The van der Waals surface area contributed by atoms with Crippen LogP contribution in [-0.4, -0.2) is 56.5 Å². The highest BCUT2D eigenvalue weighted by atomic mass is 16.2. The summed E-state index contributed by atoms with van der Waals surface area (Å²) in [7, 11) is 5.54. The van der Waals surface area contributed by atoms with Crippen molar-refractivity contribution in [1.29, 1.82) is 0 Å². The molecule has 0 saturated heterocycles. The third-order valence-electron chi connectivity index (χ3n) is 2.19. The maximum atomic E-state index is 11.5. The minimum atomic E-state index is 0.118. The summed E-state index contributed by atoms with van der Waals surface area (Å²) in [6.45, 7) is 7.68. The van der Waals surface area contributed by atoms with Crippen molar-refractivity contribution in [1.82, 2.24) is 15.1 Å². The van der Waals surface area contributed by atoms with E-state index in [1.807, 2.05) is 25.9 Å². The maximum absolute atomic E-state index is 11.5. The second-order valence-electron chi connectivity index (χ2n) is 3.36. The predicted molar refractivity (Wildman–Crippen MR) is 59.0 cm³/mol. The normalized spacial score (nSPS) is 9.71. The van der Waals surface area contributed by atoms with Crippen molar-refractivity contribution in [2.45, 2.75) is 6.92 Å². The maximum Gasteiger partial charge on any atom is 0.241 e. The molecule has 0 heterocycles. The summed E-state index contributed by atoms with van der Waals surface area (Å²) in [6, 6.07) is 0. The van der Waals surface area contributed by atoms with E-state index in [1.165, 1.54) is 0 Å².